The SMILES string of the molecule is Cc1c(F)cccc1C(=O)NC[C@H]1[C@H]2CN(c3ncccn3)C[C@]23CC[C@H]1O3. The zero-order valence-corrected chi connectivity index (χ0v) is 15.8. The van der Waals surface area contributed by atoms with Gasteiger partial charge in [0, 0.05) is 42.9 Å². The second-order valence-corrected chi connectivity index (χ2v) is 8.08. The monoisotopic (exact) mass is 382 g/mol. The average Bonchev–Trinajstić information content (AvgIpc) is 3.37. The van der Waals surface area contributed by atoms with Crippen LogP contribution in [0, 0.1) is 24.6 Å². The van der Waals surface area contributed by atoms with E-state index in [9.17, 15) is 9.18 Å². The van der Waals surface area contributed by atoms with Crippen molar-refractivity contribution in [3.63, 3.8) is 0 Å². The maximum atomic E-state index is 13.8. The molecule has 0 aliphatic carbocycles. The molecule has 7 heteroatoms. The van der Waals surface area contributed by atoms with E-state index in [0.717, 1.165) is 31.9 Å². The first-order chi connectivity index (χ1) is 13.6. The van der Waals surface area contributed by atoms with Crippen molar-refractivity contribution in [2.45, 2.75) is 31.5 Å². The molecular weight excluding hydrogens is 359 g/mol. The van der Waals surface area contributed by atoms with E-state index in [1.165, 1.54) is 6.07 Å². The van der Waals surface area contributed by atoms with Gasteiger partial charge in [0.05, 0.1) is 18.2 Å². The lowest BCUT2D eigenvalue weighted by atomic mass is 9.73. The largest absolute Gasteiger partial charge is 0.369 e. The predicted molar refractivity (Wildman–Crippen MR) is 102 cm³/mol. The Morgan fingerprint density at radius 1 is 1.36 bits per heavy atom. The van der Waals surface area contributed by atoms with Gasteiger partial charge in [-0.1, -0.05) is 6.07 Å². The molecular formula is C21H23FN4O2. The van der Waals surface area contributed by atoms with Crippen LogP contribution in [0.1, 0.15) is 28.8 Å². The van der Waals surface area contributed by atoms with Crippen molar-refractivity contribution in [2.75, 3.05) is 24.5 Å². The van der Waals surface area contributed by atoms with Crippen molar-refractivity contribution in [3.8, 4) is 0 Å². The highest BCUT2D eigenvalue weighted by Gasteiger charge is 2.63. The topological polar surface area (TPSA) is 67.4 Å². The van der Waals surface area contributed by atoms with Gasteiger partial charge in [-0.3, -0.25) is 4.79 Å². The molecule has 1 N–H and O–H groups in total. The van der Waals surface area contributed by atoms with Crippen LogP contribution < -0.4 is 10.2 Å². The molecule has 3 aliphatic heterocycles. The zero-order chi connectivity index (χ0) is 19.3. The molecule has 1 spiro atoms. The third kappa shape index (κ3) is 2.68. The van der Waals surface area contributed by atoms with Gasteiger partial charge in [0.15, 0.2) is 0 Å². The van der Waals surface area contributed by atoms with E-state index in [-0.39, 0.29) is 29.3 Å². The molecule has 3 fully saturated rings. The van der Waals surface area contributed by atoms with Crippen molar-refractivity contribution in [3.05, 3.63) is 53.6 Å². The van der Waals surface area contributed by atoms with E-state index in [4.69, 9.17) is 4.74 Å². The van der Waals surface area contributed by atoms with Crippen LogP contribution in [0.5, 0.6) is 0 Å². The van der Waals surface area contributed by atoms with Crippen molar-refractivity contribution in [1.29, 1.82) is 0 Å². The summed E-state index contributed by atoms with van der Waals surface area (Å²) in [4.78, 5) is 23.6. The van der Waals surface area contributed by atoms with Gasteiger partial charge in [-0.05, 0) is 43.5 Å². The van der Waals surface area contributed by atoms with Gasteiger partial charge in [-0.25, -0.2) is 14.4 Å². The molecule has 3 aliphatic rings. The summed E-state index contributed by atoms with van der Waals surface area (Å²) in [5.74, 6) is 0.736. The fourth-order valence-corrected chi connectivity index (χ4v) is 5.23. The number of aromatic nitrogens is 2. The van der Waals surface area contributed by atoms with Gasteiger partial charge >= 0.3 is 0 Å². The Morgan fingerprint density at radius 2 is 2.18 bits per heavy atom. The van der Waals surface area contributed by atoms with Gasteiger partial charge in [0.25, 0.3) is 5.91 Å². The molecule has 1 aromatic carbocycles. The summed E-state index contributed by atoms with van der Waals surface area (Å²) in [7, 11) is 0. The fraction of sp³-hybridized carbons (Fsp3) is 0.476. The number of halogens is 1. The van der Waals surface area contributed by atoms with Crippen LogP contribution in [-0.2, 0) is 4.74 Å². The van der Waals surface area contributed by atoms with Crippen LogP contribution in [0.15, 0.2) is 36.7 Å². The van der Waals surface area contributed by atoms with E-state index in [1.807, 2.05) is 6.07 Å². The summed E-state index contributed by atoms with van der Waals surface area (Å²) < 4.78 is 20.2. The third-order valence-electron chi connectivity index (χ3n) is 6.63. The quantitative estimate of drug-likeness (QED) is 0.879. The van der Waals surface area contributed by atoms with E-state index < -0.39 is 0 Å². The lowest BCUT2D eigenvalue weighted by molar-refractivity contribution is 0.0141. The molecule has 146 valence electrons. The minimum absolute atomic E-state index is 0.159. The number of hydrogen-bond donors (Lipinski definition) is 1. The molecule has 4 atom stereocenters. The highest BCUT2D eigenvalue weighted by atomic mass is 19.1. The molecule has 2 aromatic rings. The van der Waals surface area contributed by atoms with Crippen LogP contribution in [0.4, 0.5) is 10.3 Å². The molecule has 0 saturated carbocycles. The van der Waals surface area contributed by atoms with Crippen LogP contribution in [0.2, 0.25) is 0 Å². The van der Waals surface area contributed by atoms with E-state index in [2.05, 4.69) is 20.2 Å². The summed E-state index contributed by atoms with van der Waals surface area (Å²) in [5, 5.41) is 3.02. The molecule has 28 heavy (non-hydrogen) atoms. The first-order valence-corrected chi connectivity index (χ1v) is 9.80. The van der Waals surface area contributed by atoms with Crippen molar-refractivity contribution in [1.82, 2.24) is 15.3 Å². The summed E-state index contributed by atoms with van der Waals surface area (Å²) in [5.41, 5.74) is 0.618. The number of carbonyl (C=O) groups excluding carboxylic acids is 1. The van der Waals surface area contributed by atoms with Crippen molar-refractivity contribution < 1.29 is 13.9 Å². The van der Waals surface area contributed by atoms with E-state index >= 15 is 0 Å². The Bertz CT molecular complexity index is 909. The third-order valence-corrected chi connectivity index (χ3v) is 6.63. The summed E-state index contributed by atoms with van der Waals surface area (Å²) in [6.45, 7) is 3.80. The van der Waals surface area contributed by atoms with Gasteiger partial charge in [-0.2, -0.15) is 0 Å². The van der Waals surface area contributed by atoms with Gasteiger partial charge in [-0.15, -0.1) is 0 Å². The molecule has 0 unspecified atom stereocenters. The number of amides is 1. The number of ether oxygens (including phenoxy) is 1. The standard InChI is InChI=1S/C21H23FN4O2/c1-13-14(4-2-5-17(13)22)19(27)25-10-15-16-11-26(20-23-8-3-9-24-20)12-21(16)7-6-18(15)28-21/h2-5,8-9,15-16,18H,6-7,10-12H2,1H3,(H,25,27)/t15-,16+,18+,21+/m0/s1. The van der Waals surface area contributed by atoms with Crippen LogP contribution in [-0.4, -0.2) is 47.2 Å². The molecule has 1 amide bonds. The summed E-state index contributed by atoms with van der Waals surface area (Å²) in [6.07, 6.45) is 5.74. The number of nitrogens with one attached hydrogen (secondary N) is 1. The van der Waals surface area contributed by atoms with Crippen LogP contribution in [0.3, 0.4) is 0 Å². The van der Waals surface area contributed by atoms with E-state index in [0.29, 0.717) is 23.6 Å². The fourth-order valence-electron chi connectivity index (χ4n) is 5.23. The van der Waals surface area contributed by atoms with Gasteiger partial charge < -0.3 is 15.0 Å². The minimum atomic E-state index is -0.357. The molecule has 3 saturated heterocycles. The Balaban J connectivity index is 1.30. The van der Waals surface area contributed by atoms with Gasteiger partial charge in [0.2, 0.25) is 5.95 Å². The highest BCUT2D eigenvalue weighted by molar-refractivity contribution is 5.95. The maximum Gasteiger partial charge on any atom is 0.251 e. The highest BCUT2D eigenvalue weighted by Crippen LogP contribution is 2.54. The Kier molecular flexibility index (Phi) is 4.08. The molecule has 1 aromatic heterocycles. The lowest BCUT2D eigenvalue weighted by Crippen LogP contribution is -2.42. The predicted octanol–water partition coefficient (Wildman–Crippen LogP) is 2.34. The minimum Gasteiger partial charge on any atom is -0.369 e. The Labute approximate surface area is 163 Å². The second kappa shape index (κ2) is 6.51. The molecule has 4 heterocycles. The molecule has 5 rings (SSSR count). The number of anilines is 1. The normalized spacial score (nSPS) is 30.5. The summed E-state index contributed by atoms with van der Waals surface area (Å²) in [6, 6.07) is 6.42. The first-order valence-electron chi connectivity index (χ1n) is 9.80. The number of nitrogens with zero attached hydrogens (tertiary/aromatic N) is 3. The molecule has 6 nitrogen and oxygen atoms in total. The number of benzene rings is 1. The van der Waals surface area contributed by atoms with Crippen LogP contribution in [0.25, 0.3) is 0 Å². The lowest BCUT2D eigenvalue weighted by Gasteiger charge is -2.29. The number of rotatable bonds is 4. The summed E-state index contributed by atoms with van der Waals surface area (Å²) >= 11 is 0. The van der Waals surface area contributed by atoms with Crippen molar-refractivity contribution >= 4 is 11.9 Å². The number of fused-ring (bicyclic) bond motifs is 1. The van der Waals surface area contributed by atoms with E-state index in [1.54, 1.807) is 31.5 Å². The molecule has 0 radical (unpaired) electrons. The molecule has 2 bridgehead atoms. The maximum absolute atomic E-state index is 13.8. The smallest absolute Gasteiger partial charge is 0.251 e. The number of hydrogen-bond acceptors (Lipinski definition) is 5. The van der Waals surface area contributed by atoms with Crippen molar-refractivity contribution in [2.24, 2.45) is 11.8 Å². The van der Waals surface area contributed by atoms with Crippen LogP contribution >= 0.6 is 0 Å². The Hall–Kier alpha value is -2.54. The number of carbonyl (C=O) groups is 1. The first kappa shape index (κ1) is 17.6. The van der Waals surface area contributed by atoms with Gasteiger partial charge in [0.1, 0.15) is 5.82 Å². The Morgan fingerprint density at radius 3 is 3.00 bits per heavy atom. The average molecular weight is 382 g/mol. The second-order valence-electron chi connectivity index (χ2n) is 8.08. The zero-order valence-electron chi connectivity index (χ0n) is 15.8.